The molecule has 2 aliphatic rings. The highest BCUT2D eigenvalue weighted by molar-refractivity contribution is 6.09. The van der Waals surface area contributed by atoms with E-state index in [1.165, 1.54) is 66.4 Å². The minimum absolute atomic E-state index is 0.163. The van der Waals surface area contributed by atoms with Crippen LogP contribution in [0.4, 0.5) is 0 Å². The molecule has 1 heterocycles. The Morgan fingerprint density at radius 2 is 0.774 bits per heavy atom. The Bertz CT molecular complexity index is 3280. The van der Waals surface area contributed by atoms with Gasteiger partial charge in [0.25, 0.3) is 0 Å². The standard InChI is InChI=1S/C59H41N3/c1-58(2)48-30-13-15-32-50(48)59(51-33-16-14-31-49(51)58)47-29-12-11-27-45(47)54-46(28-18-34-52(54)59)53-43-26-10-9-19-38(43)35-36-44(53)41-24-17-25-42(37-41)57-61-55(39-20-5-3-6-21-39)60-56(62-57)40-22-7-4-8-23-40/h3-37H,1-2H3. The molecular formula is C59H41N3. The van der Waals surface area contributed by atoms with Crippen molar-refractivity contribution in [3.8, 4) is 67.5 Å². The number of rotatable bonds is 5. The van der Waals surface area contributed by atoms with E-state index in [4.69, 9.17) is 15.0 Å². The Kier molecular flexibility index (Phi) is 8.10. The summed E-state index contributed by atoms with van der Waals surface area (Å²) in [6, 6.07) is 77.0. The molecule has 12 rings (SSSR count). The van der Waals surface area contributed by atoms with Gasteiger partial charge in [-0.1, -0.05) is 220 Å². The average molecular weight is 792 g/mol. The van der Waals surface area contributed by atoms with Crippen LogP contribution in [0.1, 0.15) is 47.2 Å². The fourth-order valence-electron chi connectivity index (χ4n) is 10.7. The molecule has 0 saturated heterocycles. The summed E-state index contributed by atoms with van der Waals surface area (Å²) < 4.78 is 0. The van der Waals surface area contributed by atoms with Crippen LogP contribution in [0, 0.1) is 0 Å². The second-order valence-corrected chi connectivity index (χ2v) is 17.1. The molecule has 1 spiro atoms. The van der Waals surface area contributed by atoms with Crippen molar-refractivity contribution >= 4 is 10.8 Å². The summed E-state index contributed by atoms with van der Waals surface area (Å²) in [4.78, 5) is 15.2. The molecule has 62 heavy (non-hydrogen) atoms. The second-order valence-electron chi connectivity index (χ2n) is 17.1. The first-order chi connectivity index (χ1) is 30.5. The molecule has 0 saturated carbocycles. The Balaban J connectivity index is 1.11. The van der Waals surface area contributed by atoms with Gasteiger partial charge in [-0.2, -0.15) is 0 Å². The second kappa shape index (κ2) is 13.9. The van der Waals surface area contributed by atoms with Crippen LogP contribution in [-0.2, 0) is 10.8 Å². The van der Waals surface area contributed by atoms with Crippen molar-refractivity contribution in [3.05, 3.63) is 246 Å². The van der Waals surface area contributed by atoms with E-state index in [9.17, 15) is 0 Å². The van der Waals surface area contributed by atoms with Gasteiger partial charge in [-0.15, -0.1) is 0 Å². The van der Waals surface area contributed by atoms with Crippen LogP contribution >= 0.6 is 0 Å². The van der Waals surface area contributed by atoms with Crippen molar-refractivity contribution in [2.75, 3.05) is 0 Å². The molecule has 0 atom stereocenters. The largest absolute Gasteiger partial charge is 0.208 e. The van der Waals surface area contributed by atoms with Crippen LogP contribution in [0.2, 0.25) is 0 Å². The monoisotopic (exact) mass is 791 g/mol. The molecule has 0 radical (unpaired) electrons. The number of benzene rings is 9. The zero-order valence-electron chi connectivity index (χ0n) is 34.5. The van der Waals surface area contributed by atoms with Gasteiger partial charge >= 0.3 is 0 Å². The summed E-state index contributed by atoms with van der Waals surface area (Å²) in [5.41, 5.74) is 17.6. The van der Waals surface area contributed by atoms with E-state index >= 15 is 0 Å². The van der Waals surface area contributed by atoms with E-state index in [2.05, 4.69) is 190 Å². The summed E-state index contributed by atoms with van der Waals surface area (Å²) in [5, 5.41) is 2.42. The van der Waals surface area contributed by atoms with Gasteiger partial charge in [0.15, 0.2) is 17.5 Å². The number of hydrogen-bond acceptors (Lipinski definition) is 3. The van der Waals surface area contributed by atoms with Crippen LogP contribution in [0.15, 0.2) is 212 Å². The zero-order valence-corrected chi connectivity index (χ0v) is 34.5. The van der Waals surface area contributed by atoms with Gasteiger partial charge in [-0.05, 0) is 83.6 Å². The molecule has 292 valence electrons. The number of hydrogen-bond donors (Lipinski definition) is 0. The maximum atomic E-state index is 5.11. The molecule has 0 amide bonds. The Labute approximate surface area is 362 Å². The highest BCUT2D eigenvalue weighted by Gasteiger charge is 2.53. The van der Waals surface area contributed by atoms with Gasteiger partial charge in [0.05, 0.1) is 5.41 Å². The smallest absolute Gasteiger partial charge is 0.164 e. The van der Waals surface area contributed by atoms with Gasteiger partial charge in [0.2, 0.25) is 0 Å². The summed E-state index contributed by atoms with van der Waals surface area (Å²) >= 11 is 0. The van der Waals surface area contributed by atoms with E-state index < -0.39 is 5.41 Å². The molecule has 3 heteroatoms. The van der Waals surface area contributed by atoms with Crippen molar-refractivity contribution in [2.45, 2.75) is 24.7 Å². The lowest BCUT2D eigenvalue weighted by Crippen LogP contribution is -2.40. The van der Waals surface area contributed by atoms with E-state index in [1.807, 2.05) is 36.4 Å². The molecule has 0 fully saturated rings. The van der Waals surface area contributed by atoms with E-state index in [0.717, 1.165) is 27.8 Å². The molecule has 9 aromatic carbocycles. The highest BCUT2D eigenvalue weighted by Crippen LogP contribution is 2.63. The van der Waals surface area contributed by atoms with Gasteiger partial charge in [0.1, 0.15) is 0 Å². The first kappa shape index (κ1) is 36.1. The topological polar surface area (TPSA) is 38.7 Å². The van der Waals surface area contributed by atoms with Crippen LogP contribution in [0.3, 0.4) is 0 Å². The van der Waals surface area contributed by atoms with Crippen molar-refractivity contribution in [2.24, 2.45) is 0 Å². The third-order valence-electron chi connectivity index (χ3n) is 13.4. The predicted molar refractivity (Wildman–Crippen MR) is 254 cm³/mol. The van der Waals surface area contributed by atoms with Gasteiger partial charge < -0.3 is 0 Å². The average Bonchev–Trinajstić information content (AvgIpc) is 3.64. The van der Waals surface area contributed by atoms with E-state index in [0.29, 0.717) is 17.5 Å². The quantitative estimate of drug-likeness (QED) is 0.174. The SMILES string of the molecule is CC1(C)c2ccccc2C2(c3ccccc3-c3c(-c4c(-c5cccc(-c6nc(-c7ccccc7)nc(-c7ccccc7)n6)c5)ccc5ccccc45)cccc32)c2ccccc21. The molecule has 3 nitrogen and oxygen atoms in total. The maximum absolute atomic E-state index is 5.11. The van der Waals surface area contributed by atoms with Crippen molar-refractivity contribution in [1.82, 2.24) is 15.0 Å². The number of aromatic nitrogens is 3. The van der Waals surface area contributed by atoms with Crippen molar-refractivity contribution in [1.29, 1.82) is 0 Å². The fourth-order valence-corrected chi connectivity index (χ4v) is 10.7. The minimum atomic E-state index is -0.485. The Morgan fingerprint density at radius 3 is 1.44 bits per heavy atom. The minimum Gasteiger partial charge on any atom is -0.208 e. The van der Waals surface area contributed by atoms with Crippen LogP contribution in [0.5, 0.6) is 0 Å². The molecule has 0 aliphatic heterocycles. The summed E-state index contributed by atoms with van der Waals surface area (Å²) in [7, 11) is 0. The van der Waals surface area contributed by atoms with Gasteiger partial charge in [-0.25, -0.2) is 15.0 Å². The molecule has 0 bridgehead atoms. The molecule has 0 N–H and O–H groups in total. The summed E-state index contributed by atoms with van der Waals surface area (Å²) in [6.07, 6.45) is 0. The maximum Gasteiger partial charge on any atom is 0.164 e. The molecule has 2 aliphatic carbocycles. The van der Waals surface area contributed by atoms with Gasteiger partial charge in [0, 0.05) is 22.1 Å². The van der Waals surface area contributed by atoms with Gasteiger partial charge in [-0.3, -0.25) is 0 Å². The lowest BCUT2D eigenvalue weighted by molar-refractivity contribution is 0.563. The predicted octanol–water partition coefficient (Wildman–Crippen LogP) is 14.4. The fraction of sp³-hybridized carbons (Fsp3) is 0.0678. The van der Waals surface area contributed by atoms with Crippen LogP contribution in [0.25, 0.3) is 78.3 Å². The molecule has 0 unspecified atom stereocenters. The lowest BCUT2D eigenvalue weighted by atomic mass is 9.55. The highest BCUT2D eigenvalue weighted by atomic mass is 15.0. The molecular weight excluding hydrogens is 751 g/mol. The van der Waals surface area contributed by atoms with Crippen LogP contribution < -0.4 is 0 Å². The zero-order chi connectivity index (χ0) is 41.4. The normalized spacial score (nSPS) is 13.9. The van der Waals surface area contributed by atoms with E-state index in [1.54, 1.807) is 0 Å². The Morgan fingerprint density at radius 1 is 0.306 bits per heavy atom. The third-order valence-corrected chi connectivity index (χ3v) is 13.4. The molecule has 1 aromatic heterocycles. The summed E-state index contributed by atoms with van der Waals surface area (Å²) in [6.45, 7) is 4.77. The van der Waals surface area contributed by atoms with Crippen LogP contribution in [-0.4, -0.2) is 15.0 Å². The first-order valence-electron chi connectivity index (χ1n) is 21.4. The lowest BCUT2D eigenvalue weighted by Gasteiger charge is -2.46. The van der Waals surface area contributed by atoms with Crippen molar-refractivity contribution < 1.29 is 0 Å². The Hall–Kier alpha value is -7.75. The first-order valence-corrected chi connectivity index (χ1v) is 21.4. The summed E-state index contributed by atoms with van der Waals surface area (Å²) in [5.74, 6) is 1.93. The molecule has 10 aromatic rings. The van der Waals surface area contributed by atoms with E-state index in [-0.39, 0.29) is 5.41 Å². The number of nitrogens with zero attached hydrogens (tertiary/aromatic N) is 3. The van der Waals surface area contributed by atoms with Crippen molar-refractivity contribution in [3.63, 3.8) is 0 Å². The number of fused-ring (bicyclic) bond motifs is 10. The third kappa shape index (κ3) is 5.28.